The molecule has 2 N–H and O–H groups in total. The number of nitrogens with one attached hydrogen (secondary N) is 2. The van der Waals surface area contributed by atoms with E-state index in [9.17, 15) is 8.42 Å². The Balaban J connectivity index is 2.19. The molecule has 6 nitrogen and oxygen atoms in total. The molecule has 0 saturated carbocycles. The third kappa shape index (κ3) is 3.27. The lowest BCUT2D eigenvalue weighted by Crippen LogP contribution is -2.24. The molecule has 0 fully saturated rings. The zero-order chi connectivity index (χ0) is 13.7. The number of anilines is 1. The van der Waals surface area contributed by atoms with Crippen molar-refractivity contribution in [3.05, 3.63) is 48.4 Å². The largest absolute Gasteiger partial charge is 0.372 e. The van der Waals surface area contributed by atoms with Crippen LogP contribution >= 0.6 is 0 Å². The van der Waals surface area contributed by atoms with Crippen LogP contribution in [0.5, 0.6) is 0 Å². The molecule has 0 aromatic carbocycles. The number of hydrogen-bond acceptors (Lipinski definition) is 5. The number of pyridine rings is 2. The maximum Gasteiger partial charge on any atom is 0.244 e. The Morgan fingerprint density at radius 1 is 1.16 bits per heavy atom. The van der Waals surface area contributed by atoms with E-state index in [1.807, 2.05) is 0 Å². The highest BCUT2D eigenvalue weighted by atomic mass is 32.2. The molecule has 2 aromatic heterocycles. The first-order chi connectivity index (χ1) is 9.13. The zero-order valence-corrected chi connectivity index (χ0v) is 11.2. The Morgan fingerprint density at radius 3 is 2.58 bits per heavy atom. The molecule has 0 radical (unpaired) electrons. The minimum Gasteiger partial charge on any atom is -0.372 e. The molecule has 2 aromatic rings. The van der Waals surface area contributed by atoms with Gasteiger partial charge in [0.15, 0.2) is 0 Å². The van der Waals surface area contributed by atoms with Crippen molar-refractivity contribution in [2.24, 2.45) is 0 Å². The molecule has 0 atom stereocenters. The summed E-state index contributed by atoms with van der Waals surface area (Å²) in [5.74, 6) is 0.324. The van der Waals surface area contributed by atoms with Crippen LogP contribution in [0.1, 0.15) is 5.56 Å². The smallest absolute Gasteiger partial charge is 0.244 e. The second-order valence-corrected chi connectivity index (χ2v) is 5.52. The first-order valence-electron chi connectivity index (χ1n) is 5.65. The highest BCUT2D eigenvalue weighted by Gasteiger charge is 2.18. The monoisotopic (exact) mass is 278 g/mol. The lowest BCUT2D eigenvalue weighted by atomic mass is 10.3. The van der Waals surface area contributed by atoms with Crippen molar-refractivity contribution in [1.29, 1.82) is 0 Å². The van der Waals surface area contributed by atoms with E-state index in [0.29, 0.717) is 5.82 Å². The molecule has 2 rings (SSSR count). The summed E-state index contributed by atoms with van der Waals surface area (Å²) in [7, 11) is -1.97. The van der Waals surface area contributed by atoms with Crippen LogP contribution in [-0.2, 0) is 16.6 Å². The van der Waals surface area contributed by atoms with Crippen LogP contribution < -0.4 is 10.0 Å². The predicted octanol–water partition coefficient (Wildman–Crippen LogP) is 0.997. The molecule has 0 bridgehead atoms. The SMILES string of the molecule is CNc1ncccc1S(=O)(=O)NCc1ccncc1. The third-order valence-electron chi connectivity index (χ3n) is 2.51. The molecule has 0 aliphatic carbocycles. The Hall–Kier alpha value is -1.99. The highest BCUT2D eigenvalue weighted by molar-refractivity contribution is 7.89. The van der Waals surface area contributed by atoms with Gasteiger partial charge in [-0.15, -0.1) is 0 Å². The van der Waals surface area contributed by atoms with Gasteiger partial charge in [0, 0.05) is 32.2 Å². The third-order valence-corrected chi connectivity index (χ3v) is 3.95. The molecule has 2 heterocycles. The van der Waals surface area contributed by atoms with E-state index in [1.165, 1.54) is 12.3 Å². The number of sulfonamides is 1. The summed E-state index contributed by atoms with van der Waals surface area (Å²) in [6.07, 6.45) is 4.77. The van der Waals surface area contributed by atoms with Crippen LogP contribution in [0.2, 0.25) is 0 Å². The van der Waals surface area contributed by atoms with Crippen molar-refractivity contribution in [3.63, 3.8) is 0 Å². The van der Waals surface area contributed by atoms with Gasteiger partial charge < -0.3 is 5.32 Å². The van der Waals surface area contributed by atoms with E-state index < -0.39 is 10.0 Å². The minimum atomic E-state index is -3.60. The van der Waals surface area contributed by atoms with E-state index >= 15 is 0 Å². The van der Waals surface area contributed by atoms with E-state index in [0.717, 1.165) is 5.56 Å². The summed E-state index contributed by atoms with van der Waals surface area (Å²) >= 11 is 0. The Labute approximate surface area is 112 Å². The van der Waals surface area contributed by atoms with E-state index in [1.54, 1.807) is 37.6 Å². The average molecular weight is 278 g/mol. The molecular weight excluding hydrogens is 264 g/mol. The summed E-state index contributed by atoms with van der Waals surface area (Å²) in [5, 5.41) is 2.76. The molecule has 0 spiro atoms. The molecule has 0 saturated heterocycles. The van der Waals surface area contributed by atoms with E-state index in [4.69, 9.17) is 0 Å². The summed E-state index contributed by atoms with van der Waals surface area (Å²) < 4.78 is 26.9. The van der Waals surface area contributed by atoms with Crippen molar-refractivity contribution in [3.8, 4) is 0 Å². The van der Waals surface area contributed by atoms with Gasteiger partial charge in [0.2, 0.25) is 10.0 Å². The van der Waals surface area contributed by atoms with Gasteiger partial charge in [-0.25, -0.2) is 18.1 Å². The van der Waals surface area contributed by atoms with Gasteiger partial charge in [-0.3, -0.25) is 4.98 Å². The van der Waals surface area contributed by atoms with Crippen LogP contribution in [0.3, 0.4) is 0 Å². The standard InChI is InChI=1S/C12H14N4O2S/c1-13-12-11(3-2-6-15-12)19(17,18)16-9-10-4-7-14-8-5-10/h2-8,16H,9H2,1H3,(H,13,15). The number of hydrogen-bond donors (Lipinski definition) is 2. The Kier molecular flexibility index (Phi) is 4.08. The number of nitrogens with zero attached hydrogens (tertiary/aromatic N) is 2. The fraction of sp³-hybridized carbons (Fsp3) is 0.167. The van der Waals surface area contributed by atoms with Crippen LogP contribution in [0.25, 0.3) is 0 Å². The highest BCUT2D eigenvalue weighted by Crippen LogP contribution is 2.17. The molecule has 0 aliphatic rings. The molecule has 100 valence electrons. The van der Waals surface area contributed by atoms with Crippen molar-refractivity contribution in [1.82, 2.24) is 14.7 Å². The average Bonchev–Trinajstić information content (AvgIpc) is 2.46. The van der Waals surface area contributed by atoms with E-state index in [2.05, 4.69) is 20.0 Å². The maximum atomic E-state index is 12.2. The van der Waals surface area contributed by atoms with Crippen molar-refractivity contribution >= 4 is 15.8 Å². The second-order valence-electron chi connectivity index (χ2n) is 3.78. The zero-order valence-electron chi connectivity index (χ0n) is 10.4. The fourth-order valence-electron chi connectivity index (χ4n) is 1.55. The van der Waals surface area contributed by atoms with Gasteiger partial charge in [0.05, 0.1) is 0 Å². The first kappa shape index (κ1) is 13.4. The first-order valence-corrected chi connectivity index (χ1v) is 7.13. The van der Waals surface area contributed by atoms with Gasteiger partial charge in [-0.1, -0.05) is 0 Å². The lowest BCUT2D eigenvalue weighted by molar-refractivity contribution is 0.581. The Morgan fingerprint density at radius 2 is 1.89 bits per heavy atom. The van der Waals surface area contributed by atoms with Gasteiger partial charge >= 0.3 is 0 Å². The molecule has 0 unspecified atom stereocenters. The normalized spacial score (nSPS) is 11.2. The lowest BCUT2D eigenvalue weighted by Gasteiger charge is -2.10. The quantitative estimate of drug-likeness (QED) is 0.852. The van der Waals surface area contributed by atoms with Crippen LogP contribution in [0.15, 0.2) is 47.8 Å². The minimum absolute atomic E-state index is 0.131. The predicted molar refractivity (Wildman–Crippen MR) is 72.0 cm³/mol. The van der Waals surface area contributed by atoms with Crippen LogP contribution in [0.4, 0.5) is 5.82 Å². The van der Waals surface area contributed by atoms with Crippen molar-refractivity contribution < 1.29 is 8.42 Å². The summed E-state index contributed by atoms with van der Waals surface area (Å²) in [6, 6.07) is 6.60. The van der Waals surface area contributed by atoms with Gasteiger partial charge in [-0.05, 0) is 29.8 Å². The summed E-state index contributed by atoms with van der Waals surface area (Å²) in [6.45, 7) is 0.211. The molecule has 0 aliphatic heterocycles. The Bertz CT molecular complexity index is 644. The molecule has 19 heavy (non-hydrogen) atoms. The van der Waals surface area contributed by atoms with Gasteiger partial charge in [-0.2, -0.15) is 0 Å². The van der Waals surface area contributed by atoms with Gasteiger partial charge in [0.25, 0.3) is 0 Å². The molecule has 0 amide bonds. The maximum absolute atomic E-state index is 12.2. The van der Waals surface area contributed by atoms with Crippen LogP contribution in [0, 0.1) is 0 Å². The topological polar surface area (TPSA) is 84.0 Å². The summed E-state index contributed by atoms with van der Waals surface area (Å²) in [4.78, 5) is 7.99. The second kappa shape index (κ2) is 5.77. The van der Waals surface area contributed by atoms with Crippen LogP contribution in [-0.4, -0.2) is 25.4 Å². The van der Waals surface area contributed by atoms with Crippen molar-refractivity contribution in [2.45, 2.75) is 11.4 Å². The summed E-state index contributed by atoms with van der Waals surface area (Å²) in [5.41, 5.74) is 0.841. The van der Waals surface area contributed by atoms with Gasteiger partial charge in [0.1, 0.15) is 10.7 Å². The number of rotatable bonds is 5. The van der Waals surface area contributed by atoms with Crippen molar-refractivity contribution in [2.75, 3.05) is 12.4 Å². The molecule has 7 heteroatoms. The number of aromatic nitrogens is 2. The molecular formula is C12H14N4O2S. The fourth-order valence-corrected chi connectivity index (χ4v) is 2.73. The van der Waals surface area contributed by atoms with E-state index in [-0.39, 0.29) is 11.4 Å².